The number of ether oxygens (including phenoxy) is 1. The highest BCUT2D eigenvalue weighted by Crippen LogP contribution is 2.13. The zero-order valence-corrected chi connectivity index (χ0v) is 18.1. The van der Waals surface area contributed by atoms with Crippen LogP contribution in [-0.2, 0) is 27.4 Å². The summed E-state index contributed by atoms with van der Waals surface area (Å²) in [5.74, 6) is -1.23. The smallest absolute Gasteiger partial charge is 0.419 e. The van der Waals surface area contributed by atoms with Gasteiger partial charge in [-0.2, -0.15) is 0 Å². The highest BCUT2D eigenvalue weighted by Gasteiger charge is 2.27. The summed E-state index contributed by atoms with van der Waals surface area (Å²) in [5.41, 5.74) is 2.35. The molecule has 8 heteroatoms. The van der Waals surface area contributed by atoms with E-state index in [4.69, 9.17) is 9.15 Å². The van der Waals surface area contributed by atoms with Crippen LogP contribution >= 0.6 is 0 Å². The van der Waals surface area contributed by atoms with Crippen LogP contribution in [0.2, 0.25) is 0 Å². The average molecular weight is 437 g/mol. The summed E-state index contributed by atoms with van der Waals surface area (Å²) in [6.07, 6.45) is -0.882. The van der Waals surface area contributed by atoms with Crippen LogP contribution in [0.3, 0.4) is 0 Å². The number of carbonyl (C=O) groups is 2. The molecule has 4 rings (SSSR count). The van der Waals surface area contributed by atoms with Crippen molar-refractivity contribution >= 4 is 23.0 Å². The molecule has 0 N–H and O–H groups in total. The number of carbonyl (C=O) groups excluding carboxylic acids is 2. The Morgan fingerprint density at radius 1 is 1.00 bits per heavy atom. The predicted octanol–water partition coefficient (Wildman–Crippen LogP) is 2.26. The molecule has 1 atom stereocenters. The van der Waals surface area contributed by atoms with Gasteiger partial charge >= 0.3 is 11.7 Å². The van der Waals surface area contributed by atoms with Gasteiger partial charge in [0.2, 0.25) is 0 Å². The molecule has 0 saturated carbocycles. The Kier molecular flexibility index (Phi) is 6.70. The van der Waals surface area contributed by atoms with E-state index in [1.807, 2.05) is 18.2 Å². The molecular formula is C24H27N3O5. The van der Waals surface area contributed by atoms with Gasteiger partial charge in [-0.05, 0) is 24.6 Å². The van der Waals surface area contributed by atoms with E-state index in [1.54, 1.807) is 36.1 Å². The van der Waals surface area contributed by atoms with Crippen LogP contribution in [0.5, 0.6) is 0 Å². The Hall–Kier alpha value is -3.39. The largest absolute Gasteiger partial charge is 0.452 e. The lowest BCUT2D eigenvalue weighted by molar-refractivity contribution is -0.160. The zero-order valence-electron chi connectivity index (χ0n) is 18.1. The van der Waals surface area contributed by atoms with Crippen molar-refractivity contribution in [1.82, 2.24) is 14.4 Å². The van der Waals surface area contributed by atoms with Crippen molar-refractivity contribution in [2.24, 2.45) is 0 Å². The number of esters is 1. The summed E-state index contributed by atoms with van der Waals surface area (Å²) in [7, 11) is 0. The summed E-state index contributed by atoms with van der Waals surface area (Å²) in [6.45, 7) is 5.34. The van der Waals surface area contributed by atoms with Crippen LogP contribution in [0.1, 0.15) is 18.9 Å². The van der Waals surface area contributed by atoms with E-state index in [9.17, 15) is 14.4 Å². The van der Waals surface area contributed by atoms with Crippen LogP contribution in [0.25, 0.3) is 11.1 Å². The van der Waals surface area contributed by atoms with Gasteiger partial charge in [0.1, 0.15) is 0 Å². The highest BCUT2D eigenvalue weighted by atomic mass is 16.5. The maximum absolute atomic E-state index is 12.7. The first-order valence-corrected chi connectivity index (χ1v) is 10.8. The van der Waals surface area contributed by atoms with E-state index in [0.717, 1.165) is 19.6 Å². The Bertz CT molecular complexity index is 1130. The predicted molar refractivity (Wildman–Crippen MR) is 119 cm³/mol. The van der Waals surface area contributed by atoms with Crippen molar-refractivity contribution in [2.45, 2.75) is 32.5 Å². The number of amides is 1. The van der Waals surface area contributed by atoms with Gasteiger partial charge in [-0.25, -0.2) is 4.79 Å². The fourth-order valence-corrected chi connectivity index (χ4v) is 3.96. The summed E-state index contributed by atoms with van der Waals surface area (Å²) in [4.78, 5) is 41.1. The van der Waals surface area contributed by atoms with E-state index in [1.165, 1.54) is 10.1 Å². The van der Waals surface area contributed by atoms with Crippen molar-refractivity contribution in [3.05, 3.63) is 70.7 Å². The van der Waals surface area contributed by atoms with Crippen LogP contribution in [0, 0.1) is 0 Å². The molecule has 168 valence electrons. The molecule has 1 amide bonds. The fraction of sp³-hybridized carbons (Fsp3) is 0.375. The third kappa shape index (κ3) is 5.08. The number of nitrogens with zero attached hydrogens (tertiary/aromatic N) is 3. The third-order valence-corrected chi connectivity index (χ3v) is 5.70. The molecule has 32 heavy (non-hydrogen) atoms. The van der Waals surface area contributed by atoms with Crippen LogP contribution in [0.4, 0.5) is 0 Å². The van der Waals surface area contributed by atoms with Gasteiger partial charge in [-0.15, -0.1) is 0 Å². The van der Waals surface area contributed by atoms with Gasteiger partial charge in [0, 0.05) is 39.3 Å². The monoisotopic (exact) mass is 437 g/mol. The molecule has 0 radical (unpaired) electrons. The Labute approximate surface area is 186 Å². The van der Waals surface area contributed by atoms with Crippen molar-refractivity contribution in [3.63, 3.8) is 0 Å². The quantitative estimate of drug-likeness (QED) is 0.527. The Balaban J connectivity index is 1.24. The number of fused-ring (bicyclic) bond motifs is 1. The van der Waals surface area contributed by atoms with E-state index >= 15 is 0 Å². The van der Waals surface area contributed by atoms with Crippen molar-refractivity contribution in [2.75, 3.05) is 26.2 Å². The third-order valence-electron chi connectivity index (χ3n) is 5.70. The SMILES string of the molecule is CC(OC(=O)CCn1c(=O)oc2ccccc21)C(=O)N1CCN(Cc2ccccc2)CC1. The van der Waals surface area contributed by atoms with E-state index in [0.29, 0.717) is 24.2 Å². The molecule has 1 saturated heterocycles. The van der Waals surface area contributed by atoms with E-state index < -0.39 is 17.8 Å². The number of oxazole rings is 1. The normalized spacial score (nSPS) is 15.6. The molecule has 1 aromatic heterocycles. The average Bonchev–Trinajstić information content (AvgIpc) is 3.13. The first kappa shape index (κ1) is 21.8. The van der Waals surface area contributed by atoms with Gasteiger partial charge in [-0.1, -0.05) is 42.5 Å². The van der Waals surface area contributed by atoms with Gasteiger partial charge in [0.15, 0.2) is 11.7 Å². The number of benzene rings is 2. The number of aryl methyl sites for hydroxylation is 1. The summed E-state index contributed by atoms with van der Waals surface area (Å²) in [6, 6.07) is 17.3. The van der Waals surface area contributed by atoms with Crippen LogP contribution in [-0.4, -0.2) is 58.5 Å². The number of para-hydroxylation sites is 2. The first-order valence-electron chi connectivity index (χ1n) is 10.8. The van der Waals surface area contributed by atoms with Gasteiger partial charge in [-0.3, -0.25) is 19.1 Å². The molecule has 2 aromatic carbocycles. The van der Waals surface area contributed by atoms with Gasteiger partial charge in [0.25, 0.3) is 5.91 Å². The number of aromatic nitrogens is 1. The van der Waals surface area contributed by atoms with Crippen LogP contribution < -0.4 is 5.76 Å². The van der Waals surface area contributed by atoms with Crippen molar-refractivity contribution in [1.29, 1.82) is 0 Å². The molecule has 8 nitrogen and oxygen atoms in total. The molecule has 0 aliphatic carbocycles. The first-order chi connectivity index (χ1) is 15.5. The molecule has 3 aromatic rings. The lowest BCUT2D eigenvalue weighted by Gasteiger charge is -2.35. The minimum atomic E-state index is -0.860. The molecule has 0 bridgehead atoms. The molecule has 1 fully saturated rings. The lowest BCUT2D eigenvalue weighted by atomic mass is 10.2. The van der Waals surface area contributed by atoms with Crippen LogP contribution in [0.15, 0.2) is 63.8 Å². The lowest BCUT2D eigenvalue weighted by Crippen LogP contribution is -2.51. The van der Waals surface area contributed by atoms with Gasteiger partial charge in [0.05, 0.1) is 11.9 Å². The molecule has 1 aliphatic heterocycles. The van der Waals surface area contributed by atoms with Crippen molar-refractivity contribution in [3.8, 4) is 0 Å². The maximum atomic E-state index is 12.7. The number of hydrogen-bond acceptors (Lipinski definition) is 6. The molecule has 2 heterocycles. The fourth-order valence-electron chi connectivity index (χ4n) is 3.96. The Morgan fingerprint density at radius 3 is 2.44 bits per heavy atom. The molecule has 0 spiro atoms. The summed E-state index contributed by atoms with van der Waals surface area (Å²) >= 11 is 0. The van der Waals surface area contributed by atoms with Crippen molar-refractivity contribution < 1.29 is 18.7 Å². The number of piperazine rings is 1. The molecule has 1 aliphatic rings. The maximum Gasteiger partial charge on any atom is 0.419 e. The molecular weight excluding hydrogens is 410 g/mol. The second kappa shape index (κ2) is 9.82. The van der Waals surface area contributed by atoms with Gasteiger partial charge < -0.3 is 14.1 Å². The second-order valence-electron chi connectivity index (χ2n) is 7.96. The van der Waals surface area contributed by atoms with E-state index in [-0.39, 0.29) is 18.9 Å². The summed E-state index contributed by atoms with van der Waals surface area (Å²) in [5, 5.41) is 0. The summed E-state index contributed by atoms with van der Waals surface area (Å²) < 4.78 is 11.9. The highest BCUT2D eigenvalue weighted by molar-refractivity contribution is 5.83. The second-order valence-corrected chi connectivity index (χ2v) is 7.96. The minimum absolute atomic E-state index is 0.0219. The van der Waals surface area contributed by atoms with E-state index in [2.05, 4.69) is 17.0 Å². The topological polar surface area (TPSA) is 85.0 Å². The standard InChI is InChI=1S/C24H27N3O5/c1-18(23(29)26-15-13-25(14-16-26)17-19-7-3-2-4-8-19)31-22(28)11-12-27-20-9-5-6-10-21(20)32-24(27)30/h2-10,18H,11-17H2,1H3. The number of rotatable bonds is 7. The Morgan fingerprint density at radius 2 is 1.69 bits per heavy atom. The minimum Gasteiger partial charge on any atom is -0.452 e. The number of hydrogen-bond donors (Lipinski definition) is 0. The zero-order chi connectivity index (χ0) is 22.5. The molecule has 1 unspecified atom stereocenters.